The van der Waals surface area contributed by atoms with Crippen molar-refractivity contribution < 1.29 is 13.9 Å². The van der Waals surface area contributed by atoms with Gasteiger partial charge < -0.3 is 9.15 Å². The van der Waals surface area contributed by atoms with Crippen molar-refractivity contribution in [1.29, 1.82) is 0 Å². The third-order valence-corrected chi connectivity index (χ3v) is 6.00. The highest BCUT2D eigenvalue weighted by Gasteiger charge is 2.18. The van der Waals surface area contributed by atoms with Crippen molar-refractivity contribution in [3.05, 3.63) is 87.1 Å². The van der Waals surface area contributed by atoms with Crippen molar-refractivity contribution in [3.8, 4) is 10.9 Å². The Hall–Kier alpha value is -3.69. The van der Waals surface area contributed by atoms with Crippen LogP contribution in [-0.4, -0.2) is 27.4 Å². The van der Waals surface area contributed by atoms with Crippen LogP contribution in [0.3, 0.4) is 0 Å². The lowest BCUT2D eigenvalue weighted by Gasteiger charge is -2.05. The zero-order valence-corrected chi connectivity index (χ0v) is 17.7. The molecule has 0 fully saturated rings. The van der Waals surface area contributed by atoms with Crippen molar-refractivity contribution in [2.45, 2.75) is 0 Å². The van der Waals surface area contributed by atoms with Crippen LogP contribution in [0, 0.1) is 4.84 Å². The molecule has 0 aliphatic rings. The van der Waals surface area contributed by atoms with Crippen LogP contribution < -0.4 is 10.3 Å². The zero-order valence-electron chi connectivity index (χ0n) is 16.1. The Kier molecular flexibility index (Phi) is 4.68. The first-order valence-electron chi connectivity index (χ1n) is 9.16. The number of nitrogens with zero attached hydrogens (tertiary/aromatic N) is 3. The lowest BCUT2D eigenvalue weighted by atomic mass is 10.0. The highest BCUT2D eigenvalue weighted by molar-refractivity contribution is 7.71. The van der Waals surface area contributed by atoms with Gasteiger partial charge in [0.2, 0.25) is 10.7 Å². The number of aromatic nitrogens is 3. The highest BCUT2D eigenvalue weighted by Crippen LogP contribution is 2.28. The van der Waals surface area contributed by atoms with Gasteiger partial charge in [-0.3, -0.25) is 9.59 Å². The smallest absolute Gasteiger partial charge is 0.290 e. The molecule has 0 spiro atoms. The van der Waals surface area contributed by atoms with Crippen LogP contribution in [0.25, 0.3) is 26.4 Å². The fourth-order valence-corrected chi connectivity index (χ4v) is 4.55. The first-order valence-corrected chi connectivity index (χ1v) is 10.4. The van der Waals surface area contributed by atoms with Gasteiger partial charge >= 0.3 is 0 Å². The first-order chi connectivity index (χ1) is 15.1. The number of thiazole rings is 1. The van der Waals surface area contributed by atoms with Gasteiger partial charge in [0.05, 0.1) is 17.3 Å². The van der Waals surface area contributed by atoms with E-state index >= 15 is 0 Å². The number of benzene rings is 2. The lowest BCUT2D eigenvalue weighted by Crippen LogP contribution is -2.20. The maximum Gasteiger partial charge on any atom is 0.290 e. The summed E-state index contributed by atoms with van der Waals surface area (Å²) in [4.78, 5) is 34.4. The number of carbonyl (C=O) groups is 1. The number of hydrogen-bond acceptors (Lipinski definition) is 8. The molecule has 0 radical (unpaired) electrons. The number of methoxy groups -OCH3 is 1. The Balaban J connectivity index is 1.65. The molecule has 5 aromatic rings. The quantitative estimate of drug-likeness (QED) is 0.295. The van der Waals surface area contributed by atoms with Gasteiger partial charge in [-0.25, -0.2) is 14.5 Å². The Morgan fingerprint density at radius 3 is 2.71 bits per heavy atom. The molecule has 152 valence electrons. The van der Waals surface area contributed by atoms with Crippen molar-refractivity contribution in [3.63, 3.8) is 0 Å². The molecule has 0 aliphatic heterocycles. The molecule has 0 aliphatic carbocycles. The molecule has 0 N–H and O–H groups in total. The van der Waals surface area contributed by atoms with E-state index in [0.29, 0.717) is 27.5 Å². The molecule has 3 aromatic heterocycles. The number of rotatable bonds is 4. The van der Waals surface area contributed by atoms with Crippen LogP contribution in [0.1, 0.15) is 15.9 Å². The summed E-state index contributed by atoms with van der Waals surface area (Å²) in [5.74, 6) is 0.282. The average Bonchev–Trinajstić information content (AvgIpc) is 3.21. The third-order valence-electron chi connectivity index (χ3n) is 4.73. The van der Waals surface area contributed by atoms with Crippen molar-refractivity contribution in [1.82, 2.24) is 14.5 Å². The number of ketones is 1. The van der Waals surface area contributed by atoms with E-state index in [1.807, 2.05) is 18.2 Å². The SMILES string of the molecule is COc1ccnc2c(=O)n(-c3nc4ccc(C(=O)c5ccccc5)cc4s3)c(=S)oc12. The Bertz CT molecular complexity index is 1590. The first kappa shape index (κ1) is 19.3. The minimum absolute atomic E-state index is 0.0663. The molecule has 0 unspecified atom stereocenters. The third kappa shape index (κ3) is 3.24. The molecule has 3 heterocycles. The summed E-state index contributed by atoms with van der Waals surface area (Å²) in [6, 6.07) is 15.9. The summed E-state index contributed by atoms with van der Waals surface area (Å²) in [5.41, 5.74) is 1.60. The van der Waals surface area contributed by atoms with Crippen LogP contribution in [0.2, 0.25) is 0 Å². The van der Waals surface area contributed by atoms with E-state index in [-0.39, 0.29) is 21.7 Å². The molecule has 0 saturated heterocycles. The van der Waals surface area contributed by atoms with Gasteiger partial charge in [-0.1, -0.05) is 41.7 Å². The van der Waals surface area contributed by atoms with Gasteiger partial charge in [0.25, 0.3) is 10.4 Å². The number of fused-ring (bicyclic) bond motifs is 2. The summed E-state index contributed by atoms with van der Waals surface area (Å²) in [6.45, 7) is 0. The highest BCUT2D eigenvalue weighted by atomic mass is 32.1. The minimum atomic E-state index is -0.454. The molecule has 0 bridgehead atoms. The second-order valence-corrected chi connectivity index (χ2v) is 7.93. The summed E-state index contributed by atoms with van der Waals surface area (Å²) in [7, 11) is 1.47. The Morgan fingerprint density at radius 1 is 1.13 bits per heavy atom. The predicted octanol–water partition coefficient (Wildman–Crippen LogP) is 4.56. The zero-order chi connectivity index (χ0) is 21.5. The lowest BCUT2D eigenvalue weighted by molar-refractivity contribution is 0.103. The molecule has 7 nitrogen and oxygen atoms in total. The standard InChI is InChI=1S/C22H13N3O4S2/c1-28-15-9-10-23-17-19(15)29-22(30)25(20(17)27)21-24-14-8-7-13(11-16(14)31-21)18(26)12-5-3-2-4-6-12/h2-11H,1H3. The van der Waals surface area contributed by atoms with Gasteiger partial charge in [-0.05, 0) is 30.4 Å². The van der Waals surface area contributed by atoms with E-state index in [2.05, 4.69) is 9.97 Å². The number of pyridine rings is 1. The molecule has 0 atom stereocenters. The summed E-state index contributed by atoms with van der Waals surface area (Å²) < 4.78 is 12.8. The fourth-order valence-electron chi connectivity index (χ4n) is 3.23. The second-order valence-electron chi connectivity index (χ2n) is 6.57. The largest absolute Gasteiger partial charge is 0.493 e. The van der Waals surface area contributed by atoms with Gasteiger partial charge in [0.15, 0.2) is 17.0 Å². The van der Waals surface area contributed by atoms with E-state index in [1.165, 1.54) is 29.2 Å². The number of ether oxygens (including phenoxy) is 1. The summed E-state index contributed by atoms with van der Waals surface area (Å²) >= 11 is 6.56. The molecule has 5 rings (SSSR count). The molecule has 9 heteroatoms. The topological polar surface area (TPSA) is 87.2 Å². The van der Waals surface area contributed by atoms with E-state index in [1.54, 1.807) is 36.4 Å². The number of hydrogen-bond donors (Lipinski definition) is 0. The van der Waals surface area contributed by atoms with Crippen molar-refractivity contribution >= 4 is 50.7 Å². The predicted molar refractivity (Wildman–Crippen MR) is 120 cm³/mol. The van der Waals surface area contributed by atoms with Crippen LogP contribution in [-0.2, 0) is 0 Å². The molecule has 2 aromatic carbocycles. The van der Waals surface area contributed by atoms with Crippen LogP contribution in [0.5, 0.6) is 5.75 Å². The van der Waals surface area contributed by atoms with Gasteiger partial charge in [0, 0.05) is 23.4 Å². The van der Waals surface area contributed by atoms with Gasteiger partial charge in [-0.2, -0.15) is 0 Å². The van der Waals surface area contributed by atoms with Crippen LogP contribution in [0.4, 0.5) is 0 Å². The Morgan fingerprint density at radius 2 is 1.94 bits per heavy atom. The van der Waals surface area contributed by atoms with E-state index < -0.39 is 5.56 Å². The van der Waals surface area contributed by atoms with E-state index in [9.17, 15) is 9.59 Å². The van der Waals surface area contributed by atoms with Gasteiger partial charge in [0.1, 0.15) is 0 Å². The summed E-state index contributed by atoms with van der Waals surface area (Å²) in [5, 5.41) is 0.338. The van der Waals surface area contributed by atoms with Crippen LogP contribution >= 0.6 is 23.6 Å². The maximum absolute atomic E-state index is 13.1. The monoisotopic (exact) mass is 447 g/mol. The molecular formula is C22H13N3O4S2. The minimum Gasteiger partial charge on any atom is -0.493 e. The fraction of sp³-hybridized carbons (Fsp3) is 0.0455. The van der Waals surface area contributed by atoms with Crippen molar-refractivity contribution in [2.75, 3.05) is 7.11 Å². The van der Waals surface area contributed by atoms with Gasteiger partial charge in [-0.15, -0.1) is 0 Å². The molecule has 31 heavy (non-hydrogen) atoms. The molecule has 0 saturated carbocycles. The van der Waals surface area contributed by atoms with E-state index in [4.69, 9.17) is 21.4 Å². The second kappa shape index (κ2) is 7.53. The van der Waals surface area contributed by atoms with Crippen molar-refractivity contribution in [2.24, 2.45) is 0 Å². The van der Waals surface area contributed by atoms with E-state index in [0.717, 1.165) is 4.70 Å². The maximum atomic E-state index is 13.1. The summed E-state index contributed by atoms with van der Waals surface area (Å²) in [6.07, 6.45) is 1.46. The average molecular weight is 447 g/mol. The Labute approximate surface area is 184 Å². The molecular weight excluding hydrogens is 434 g/mol. The number of carbonyl (C=O) groups excluding carboxylic acids is 1. The molecule has 0 amide bonds. The normalized spacial score (nSPS) is 11.1. The van der Waals surface area contributed by atoms with Crippen LogP contribution in [0.15, 0.2) is 70.0 Å².